The Labute approximate surface area is 202 Å². The van der Waals surface area contributed by atoms with Crippen molar-refractivity contribution in [3.8, 4) is 5.75 Å². The minimum atomic E-state index is -1.82. The molecule has 2 saturated heterocycles. The zero-order valence-corrected chi connectivity index (χ0v) is 18.5. The van der Waals surface area contributed by atoms with Crippen LogP contribution in [-0.2, 0) is 25.6 Å². The zero-order valence-electron chi connectivity index (χ0n) is 18.5. The van der Waals surface area contributed by atoms with E-state index in [-0.39, 0.29) is 17.0 Å². The lowest BCUT2D eigenvalue weighted by Crippen LogP contribution is -2.64. The number of non-ortho nitro benzene ring substituents is 1. The molecule has 10 atom stereocenters. The molecule has 0 amide bonds. The van der Waals surface area contributed by atoms with Crippen LogP contribution in [0.3, 0.4) is 0 Å². The van der Waals surface area contributed by atoms with Crippen LogP contribution in [0.4, 0.5) is 5.69 Å². The molecule has 2 aliphatic rings. The van der Waals surface area contributed by atoms with Crippen LogP contribution in [0, 0.1) is 10.1 Å². The van der Waals surface area contributed by atoms with Crippen molar-refractivity contribution < 1.29 is 59.6 Å². The SMILES string of the molecule is [N-]=[N+]=N[C@H]1[C@H](OCc2cc([N+](=O)[O-])ccc2O)O[C@H](CO)[C@@H](O[C@@H]2O[C@H](CO)[C@H](O)[C@H](O)[C@H]2O)[C@@H]1O. The summed E-state index contributed by atoms with van der Waals surface area (Å²) in [6.07, 6.45) is -14.4. The fourth-order valence-electron chi connectivity index (χ4n) is 3.85. The van der Waals surface area contributed by atoms with Gasteiger partial charge in [0.25, 0.3) is 5.69 Å². The number of aliphatic hydroxyl groups is 6. The fraction of sp³-hybridized carbons (Fsp3) is 0.684. The molecule has 0 saturated carbocycles. The van der Waals surface area contributed by atoms with Gasteiger partial charge in [-0.25, -0.2) is 0 Å². The van der Waals surface area contributed by atoms with Crippen molar-refractivity contribution in [3.63, 3.8) is 0 Å². The number of phenolic OH excluding ortho intramolecular Hbond substituents is 1. The second-order valence-electron chi connectivity index (χ2n) is 8.09. The van der Waals surface area contributed by atoms with Crippen molar-refractivity contribution >= 4 is 5.69 Å². The third-order valence-electron chi connectivity index (χ3n) is 5.82. The maximum atomic E-state index is 11.0. The van der Waals surface area contributed by atoms with Crippen molar-refractivity contribution in [1.29, 1.82) is 0 Å². The first-order valence-corrected chi connectivity index (χ1v) is 10.6. The summed E-state index contributed by atoms with van der Waals surface area (Å²) < 4.78 is 21.8. The van der Waals surface area contributed by atoms with Gasteiger partial charge in [0, 0.05) is 22.6 Å². The lowest BCUT2D eigenvalue weighted by molar-refractivity contribution is -0.385. The third kappa shape index (κ3) is 5.83. The third-order valence-corrected chi connectivity index (χ3v) is 5.82. The topological polar surface area (TPSA) is 270 Å². The number of aliphatic hydroxyl groups excluding tert-OH is 6. The van der Waals surface area contributed by atoms with E-state index in [0.29, 0.717) is 0 Å². The molecule has 1 aromatic carbocycles. The molecule has 0 bridgehead atoms. The molecule has 36 heavy (non-hydrogen) atoms. The first-order chi connectivity index (χ1) is 17.1. The zero-order chi connectivity index (χ0) is 26.6. The van der Waals surface area contributed by atoms with Crippen molar-refractivity contribution in [2.75, 3.05) is 13.2 Å². The molecule has 3 rings (SSSR count). The van der Waals surface area contributed by atoms with E-state index in [9.17, 15) is 45.9 Å². The van der Waals surface area contributed by atoms with E-state index < -0.39 is 86.1 Å². The van der Waals surface area contributed by atoms with Crippen molar-refractivity contribution in [1.82, 2.24) is 0 Å². The smallest absolute Gasteiger partial charge is 0.270 e. The minimum absolute atomic E-state index is 0.0118. The summed E-state index contributed by atoms with van der Waals surface area (Å²) in [4.78, 5) is 12.9. The van der Waals surface area contributed by atoms with Gasteiger partial charge in [0.2, 0.25) is 0 Å². The molecule has 17 nitrogen and oxygen atoms in total. The molecule has 0 radical (unpaired) electrons. The summed E-state index contributed by atoms with van der Waals surface area (Å²) in [5.41, 5.74) is 8.62. The Hall–Kier alpha value is -2.67. The number of nitro benzene ring substituents is 1. The number of hydrogen-bond acceptors (Lipinski definition) is 14. The molecule has 0 aromatic heterocycles. The number of azide groups is 1. The molecule has 0 aliphatic carbocycles. The number of nitrogens with zero attached hydrogens (tertiary/aromatic N) is 4. The van der Waals surface area contributed by atoms with Crippen LogP contribution in [0.15, 0.2) is 23.3 Å². The van der Waals surface area contributed by atoms with Crippen molar-refractivity contribution in [2.24, 2.45) is 5.11 Å². The average molecular weight is 518 g/mol. The van der Waals surface area contributed by atoms with Gasteiger partial charge in [-0.2, -0.15) is 0 Å². The molecule has 200 valence electrons. The Kier molecular flexibility index (Phi) is 9.34. The largest absolute Gasteiger partial charge is 0.508 e. The molecular weight excluding hydrogens is 492 g/mol. The van der Waals surface area contributed by atoms with Gasteiger partial charge < -0.3 is 54.7 Å². The van der Waals surface area contributed by atoms with Gasteiger partial charge in [-0.15, -0.1) is 0 Å². The van der Waals surface area contributed by atoms with E-state index in [2.05, 4.69) is 10.0 Å². The van der Waals surface area contributed by atoms with E-state index in [0.717, 1.165) is 18.2 Å². The number of ether oxygens (including phenoxy) is 4. The first-order valence-electron chi connectivity index (χ1n) is 10.6. The molecule has 2 heterocycles. The summed E-state index contributed by atoms with van der Waals surface area (Å²) in [6.45, 7) is -1.98. The Morgan fingerprint density at radius 1 is 1.03 bits per heavy atom. The van der Waals surface area contributed by atoms with Gasteiger partial charge in [0.1, 0.15) is 48.4 Å². The highest BCUT2D eigenvalue weighted by atomic mass is 16.7. The molecule has 7 N–H and O–H groups in total. The minimum Gasteiger partial charge on any atom is -0.508 e. The maximum absolute atomic E-state index is 11.0. The number of rotatable bonds is 9. The predicted octanol–water partition coefficient (Wildman–Crippen LogP) is -2.24. The van der Waals surface area contributed by atoms with Crippen LogP contribution in [0.1, 0.15) is 5.56 Å². The quantitative estimate of drug-likeness (QED) is 0.0599. The van der Waals surface area contributed by atoms with Gasteiger partial charge in [-0.1, -0.05) is 5.11 Å². The Balaban J connectivity index is 1.78. The van der Waals surface area contributed by atoms with Gasteiger partial charge in [0.15, 0.2) is 12.6 Å². The highest BCUT2D eigenvalue weighted by molar-refractivity contribution is 5.42. The maximum Gasteiger partial charge on any atom is 0.270 e. The predicted molar refractivity (Wildman–Crippen MR) is 113 cm³/mol. The van der Waals surface area contributed by atoms with Gasteiger partial charge in [0.05, 0.1) is 30.8 Å². The average Bonchev–Trinajstić information content (AvgIpc) is 2.86. The van der Waals surface area contributed by atoms with Crippen molar-refractivity contribution in [3.05, 3.63) is 44.3 Å². The van der Waals surface area contributed by atoms with Crippen LogP contribution >= 0.6 is 0 Å². The molecule has 1 aromatic rings. The van der Waals surface area contributed by atoms with E-state index in [1.807, 2.05) is 0 Å². The lowest BCUT2D eigenvalue weighted by Gasteiger charge is -2.46. The van der Waals surface area contributed by atoms with E-state index in [1.54, 1.807) is 0 Å². The molecule has 0 unspecified atom stereocenters. The molecular formula is C19H26N4O13. The summed E-state index contributed by atoms with van der Waals surface area (Å²) in [5, 5.41) is 84.5. The van der Waals surface area contributed by atoms with Crippen LogP contribution < -0.4 is 0 Å². The normalized spacial score (nSPS) is 36.7. The monoisotopic (exact) mass is 518 g/mol. The molecule has 17 heteroatoms. The lowest BCUT2D eigenvalue weighted by atomic mass is 9.96. The summed E-state index contributed by atoms with van der Waals surface area (Å²) in [6, 6.07) is 1.70. The standard InChI is InChI=1S/C19H26N4O13/c20-22-21-12-14(28)17(36-19-16(30)15(29)13(27)10(4-24)34-19)11(5-25)35-18(12)33-6-7-3-8(23(31)32)1-2-9(7)26/h1-3,10-19,24-30H,4-6H2/t10-,11-,12-,13+,14-,15+,16-,17-,18-,19+/m1/s1. The number of aromatic hydroxyl groups is 1. The van der Waals surface area contributed by atoms with Crippen LogP contribution in [0.25, 0.3) is 10.4 Å². The van der Waals surface area contributed by atoms with Crippen molar-refractivity contribution in [2.45, 2.75) is 68.0 Å². The molecule has 2 fully saturated rings. The number of benzene rings is 1. The second kappa shape index (κ2) is 12.0. The van der Waals surface area contributed by atoms with Crippen LogP contribution in [-0.4, -0.2) is 115 Å². The first kappa shape index (κ1) is 27.9. The van der Waals surface area contributed by atoms with Gasteiger partial charge in [-0.3, -0.25) is 10.1 Å². The van der Waals surface area contributed by atoms with Gasteiger partial charge >= 0.3 is 0 Å². The van der Waals surface area contributed by atoms with Crippen LogP contribution in [0.5, 0.6) is 5.75 Å². The number of hydrogen-bond donors (Lipinski definition) is 7. The Bertz CT molecular complexity index is 961. The van der Waals surface area contributed by atoms with Crippen LogP contribution in [0.2, 0.25) is 0 Å². The summed E-state index contributed by atoms with van der Waals surface area (Å²) in [5.74, 6) is -0.333. The Morgan fingerprint density at radius 2 is 1.69 bits per heavy atom. The van der Waals surface area contributed by atoms with Gasteiger partial charge in [-0.05, 0) is 11.6 Å². The summed E-state index contributed by atoms with van der Waals surface area (Å²) >= 11 is 0. The highest BCUT2D eigenvalue weighted by Gasteiger charge is 2.51. The molecule has 2 aliphatic heterocycles. The van der Waals surface area contributed by atoms with E-state index in [4.69, 9.17) is 24.5 Å². The Morgan fingerprint density at radius 3 is 2.31 bits per heavy atom. The van der Waals surface area contributed by atoms with E-state index >= 15 is 0 Å². The second-order valence-corrected chi connectivity index (χ2v) is 8.09. The van der Waals surface area contributed by atoms with E-state index in [1.165, 1.54) is 0 Å². The fourth-order valence-corrected chi connectivity index (χ4v) is 3.85. The number of nitro groups is 1. The molecule has 0 spiro atoms. The highest BCUT2D eigenvalue weighted by Crippen LogP contribution is 2.32. The number of phenols is 1. The summed E-state index contributed by atoms with van der Waals surface area (Å²) in [7, 11) is 0.